The zero-order valence-corrected chi connectivity index (χ0v) is 9.59. The van der Waals surface area contributed by atoms with Crippen molar-refractivity contribution in [2.45, 2.75) is 26.2 Å². The zero-order valence-electron chi connectivity index (χ0n) is 8.17. The van der Waals surface area contributed by atoms with Crippen LogP contribution in [-0.4, -0.2) is 36.9 Å². The standard InChI is InChI=1S/C8H20O3Si/c1-3-4-7-10-12-11-8-5-6-9-2/h3-8,12H2,1-2H3. The van der Waals surface area contributed by atoms with Gasteiger partial charge in [0, 0.05) is 26.9 Å². The molecule has 0 aliphatic rings. The van der Waals surface area contributed by atoms with E-state index in [0.717, 1.165) is 32.7 Å². The molecule has 0 aromatic rings. The van der Waals surface area contributed by atoms with Crippen LogP contribution in [0.15, 0.2) is 0 Å². The third-order valence-corrected chi connectivity index (χ3v) is 2.36. The Kier molecular flexibility index (Phi) is 11.2. The number of hydrogen-bond acceptors (Lipinski definition) is 3. The summed E-state index contributed by atoms with van der Waals surface area (Å²) in [5, 5.41) is 0. The molecule has 4 heteroatoms. The highest BCUT2D eigenvalue weighted by atomic mass is 28.3. The summed E-state index contributed by atoms with van der Waals surface area (Å²) in [5.41, 5.74) is 0. The largest absolute Gasteiger partial charge is 0.399 e. The van der Waals surface area contributed by atoms with Crippen molar-refractivity contribution in [1.29, 1.82) is 0 Å². The van der Waals surface area contributed by atoms with E-state index in [1.54, 1.807) is 7.11 Å². The van der Waals surface area contributed by atoms with Crippen LogP contribution in [0, 0.1) is 0 Å². The van der Waals surface area contributed by atoms with Crippen molar-refractivity contribution in [1.82, 2.24) is 0 Å². The Bertz CT molecular complexity index is 70.7. The van der Waals surface area contributed by atoms with E-state index in [0.29, 0.717) is 0 Å². The van der Waals surface area contributed by atoms with Gasteiger partial charge in [0.15, 0.2) is 0 Å². The molecular formula is C8H20O3Si. The van der Waals surface area contributed by atoms with E-state index in [9.17, 15) is 0 Å². The Labute approximate surface area is 77.5 Å². The highest BCUT2D eigenvalue weighted by Gasteiger charge is 1.89. The summed E-state index contributed by atoms with van der Waals surface area (Å²) in [5.74, 6) is 0. The molecule has 0 saturated carbocycles. The van der Waals surface area contributed by atoms with Gasteiger partial charge in [0.2, 0.25) is 0 Å². The van der Waals surface area contributed by atoms with Gasteiger partial charge >= 0.3 is 10.0 Å². The lowest BCUT2D eigenvalue weighted by atomic mass is 10.4. The summed E-state index contributed by atoms with van der Waals surface area (Å²) >= 11 is 0. The Morgan fingerprint density at radius 3 is 2.25 bits per heavy atom. The van der Waals surface area contributed by atoms with Crippen LogP contribution >= 0.6 is 0 Å². The molecule has 0 atom stereocenters. The van der Waals surface area contributed by atoms with E-state index in [-0.39, 0.29) is 0 Å². The van der Waals surface area contributed by atoms with Crippen molar-refractivity contribution < 1.29 is 13.6 Å². The van der Waals surface area contributed by atoms with Crippen molar-refractivity contribution in [3.63, 3.8) is 0 Å². The highest BCUT2D eigenvalue weighted by molar-refractivity contribution is 6.17. The van der Waals surface area contributed by atoms with Gasteiger partial charge in [-0.25, -0.2) is 0 Å². The average Bonchev–Trinajstić information content (AvgIpc) is 2.10. The quantitative estimate of drug-likeness (QED) is 0.400. The van der Waals surface area contributed by atoms with Crippen molar-refractivity contribution >= 4 is 10.0 Å². The van der Waals surface area contributed by atoms with E-state index >= 15 is 0 Å². The molecule has 0 heterocycles. The summed E-state index contributed by atoms with van der Waals surface area (Å²) < 4.78 is 15.5. The van der Waals surface area contributed by atoms with Gasteiger partial charge in [0.05, 0.1) is 0 Å². The van der Waals surface area contributed by atoms with Gasteiger partial charge in [-0.05, 0) is 12.8 Å². The van der Waals surface area contributed by atoms with E-state index in [4.69, 9.17) is 13.6 Å². The van der Waals surface area contributed by atoms with Crippen molar-refractivity contribution in [2.75, 3.05) is 26.9 Å². The van der Waals surface area contributed by atoms with Crippen molar-refractivity contribution in [3.8, 4) is 0 Å². The second kappa shape index (κ2) is 11.1. The molecule has 0 aliphatic carbocycles. The Balaban J connectivity index is 2.73. The fourth-order valence-corrected chi connectivity index (χ4v) is 1.49. The lowest BCUT2D eigenvalue weighted by Gasteiger charge is -2.03. The lowest BCUT2D eigenvalue weighted by molar-refractivity contribution is 0.159. The molecule has 0 amide bonds. The molecule has 0 saturated heterocycles. The van der Waals surface area contributed by atoms with E-state index in [1.807, 2.05) is 0 Å². The van der Waals surface area contributed by atoms with Crippen molar-refractivity contribution in [2.24, 2.45) is 0 Å². The minimum atomic E-state index is -0.693. The Morgan fingerprint density at radius 2 is 1.67 bits per heavy atom. The molecule has 0 unspecified atom stereocenters. The topological polar surface area (TPSA) is 27.7 Å². The first-order valence-corrected chi connectivity index (χ1v) is 5.71. The maximum absolute atomic E-state index is 5.33. The van der Waals surface area contributed by atoms with Gasteiger partial charge in [0.1, 0.15) is 0 Å². The van der Waals surface area contributed by atoms with E-state index in [2.05, 4.69) is 6.92 Å². The average molecular weight is 192 g/mol. The van der Waals surface area contributed by atoms with Crippen LogP contribution in [0.1, 0.15) is 26.2 Å². The summed E-state index contributed by atoms with van der Waals surface area (Å²) in [7, 11) is 1.01. The normalized spacial score (nSPS) is 11.5. The summed E-state index contributed by atoms with van der Waals surface area (Å²) in [4.78, 5) is 0. The summed E-state index contributed by atoms with van der Waals surface area (Å²) in [6.45, 7) is 4.59. The molecule has 0 bridgehead atoms. The molecule has 0 radical (unpaired) electrons. The fourth-order valence-electron chi connectivity index (χ4n) is 0.729. The molecular weight excluding hydrogens is 172 g/mol. The summed E-state index contributed by atoms with van der Waals surface area (Å²) in [6.07, 6.45) is 3.31. The van der Waals surface area contributed by atoms with Crippen LogP contribution < -0.4 is 0 Å². The van der Waals surface area contributed by atoms with Crippen LogP contribution in [0.25, 0.3) is 0 Å². The minimum Gasteiger partial charge on any atom is -0.399 e. The van der Waals surface area contributed by atoms with E-state index < -0.39 is 10.0 Å². The molecule has 0 aromatic heterocycles. The number of ether oxygens (including phenoxy) is 1. The zero-order chi connectivity index (χ0) is 9.07. The SMILES string of the molecule is CCCCO[SiH2]OCCCOC. The second-order valence-corrected chi connectivity index (χ2v) is 3.69. The van der Waals surface area contributed by atoms with Gasteiger partial charge in [-0.2, -0.15) is 0 Å². The van der Waals surface area contributed by atoms with Crippen LogP contribution in [0.2, 0.25) is 0 Å². The van der Waals surface area contributed by atoms with Crippen LogP contribution in [0.5, 0.6) is 0 Å². The monoisotopic (exact) mass is 192 g/mol. The van der Waals surface area contributed by atoms with Gasteiger partial charge < -0.3 is 13.6 Å². The Hall–Kier alpha value is 0.0969. The first-order chi connectivity index (χ1) is 5.91. The molecule has 0 aromatic carbocycles. The Morgan fingerprint density at radius 1 is 1.00 bits per heavy atom. The number of unbranched alkanes of at least 4 members (excludes halogenated alkanes) is 1. The number of hydrogen-bond donors (Lipinski definition) is 0. The van der Waals surface area contributed by atoms with Crippen LogP contribution in [-0.2, 0) is 13.6 Å². The molecule has 74 valence electrons. The number of methoxy groups -OCH3 is 1. The first kappa shape index (κ1) is 12.1. The molecule has 0 aliphatic heterocycles. The lowest BCUT2D eigenvalue weighted by Crippen LogP contribution is -2.08. The van der Waals surface area contributed by atoms with Gasteiger partial charge in [0.25, 0.3) is 0 Å². The van der Waals surface area contributed by atoms with Crippen molar-refractivity contribution in [3.05, 3.63) is 0 Å². The first-order valence-electron chi connectivity index (χ1n) is 4.56. The summed E-state index contributed by atoms with van der Waals surface area (Å²) in [6, 6.07) is 0. The van der Waals surface area contributed by atoms with Crippen LogP contribution in [0.4, 0.5) is 0 Å². The molecule has 0 N–H and O–H groups in total. The molecule has 3 nitrogen and oxygen atoms in total. The van der Waals surface area contributed by atoms with Gasteiger partial charge in [-0.3, -0.25) is 0 Å². The smallest absolute Gasteiger partial charge is 0.304 e. The van der Waals surface area contributed by atoms with E-state index in [1.165, 1.54) is 6.42 Å². The fraction of sp³-hybridized carbons (Fsp3) is 1.00. The minimum absolute atomic E-state index is 0.693. The van der Waals surface area contributed by atoms with Gasteiger partial charge in [-0.15, -0.1) is 0 Å². The maximum Gasteiger partial charge on any atom is 0.304 e. The molecule has 0 rings (SSSR count). The highest BCUT2D eigenvalue weighted by Crippen LogP contribution is 1.87. The van der Waals surface area contributed by atoms with Crippen LogP contribution in [0.3, 0.4) is 0 Å². The maximum atomic E-state index is 5.33. The number of rotatable bonds is 9. The van der Waals surface area contributed by atoms with Gasteiger partial charge in [-0.1, -0.05) is 13.3 Å². The predicted octanol–water partition coefficient (Wildman–Crippen LogP) is 0.855. The molecule has 12 heavy (non-hydrogen) atoms. The third kappa shape index (κ3) is 10.1. The third-order valence-electron chi connectivity index (χ3n) is 1.45. The predicted molar refractivity (Wildman–Crippen MR) is 51.8 cm³/mol. The second-order valence-electron chi connectivity index (χ2n) is 2.63. The molecule has 0 spiro atoms. The molecule has 0 fully saturated rings.